The van der Waals surface area contributed by atoms with E-state index in [-0.39, 0.29) is 5.41 Å². The number of fused-ring (bicyclic) bond motifs is 1. The predicted octanol–water partition coefficient (Wildman–Crippen LogP) is 2.04. The van der Waals surface area contributed by atoms with Gasteiger partial charge in [0.05, 0.1) is 13.2 Å². The van der Waals surface area contributed by atoms with E-state index in [9.17, 15) is 0 Å². The van der Waals surface area contributed by atoms with Gasteiger partial charge in [0.15, 0.2) is 5.89 Å². The minimum Gasteiger partial charge on any atom is -0.445 e. The lowest BCUT2D eigenvalue weighted by Crippen LogP contribution is -2.11. The van der Waals surface area contributed by atoms with Crippen molar-refractivity contribution in [3.05, 3.63) is 17.3 Å². The highest BCUT2D eigenvalue weighted by atomic mass is 16.5. The van der Waals surface area contributed by atoms with Crippen molar-refractivity contribution in [2.24, 2.45) is 0 Å². The molecule has 1 aliphatic heterocycles. The Morgan fingerprint density at radius 2 is 2.08 bits per heavy atom. The number of oxazole rings is 1. The molecule has 0 saturated heterocycles. The summed E-state index contributed by atoms with van der Waals surface area (Å²) in [5.41, 5.74) is 0.980. The van der Waals surface area contributed by atoms with Crippen molar-refractivity contribution in [3.8, 4) is 0 Å². The molecule has 0 saturated carbocycles. The summed E-state index contributed by atoms with van der Waals surface area (Å²) in [6.07, 6.45) is 0.860. The summed E-state index contributed by atoms with van der Waals surface area (Å²) in [5, 5.41) is 0. The largest absolute Gasteiger partial charge is 0.445 e. The predicted molar refractivity (Wildman–Crippen MR) is 48.6 cm³/mol. The molecule has 2 rings (SSSR count). The van der Waals surface area contributed by atoms with Crippen molar-refractivity contribution < 1.29 is 9.15 Å². The fourth-order valence-electron chi connectivity index (χ4n) is 1.35. The molecule has 0 aromatic carbocycles. The van der Waals surface area contributed by atoms with Crippen LogP contribution in [0.25, 0.3) is 0 Å². The minimum absolute atomic E-state index is 0.00264. The van der Waals surface area contributed by atoms with Crippen LogP contribution in [-0.2, 0) is 23.2 Å². The van der Waals surface area contributed by atoms with Crippen LogP contribution in [0.4, 0.5) is 0 Å². The maximum Gasteiger partial charge on any atom is 0.200 e. The zero-order valence-corrected chi connectivity index (χ0v) is 8.39. The summed E-state index contributed by atoms with van der Waals surface area (Å²) >= 11 is 0. The van der Waals surface area contributed by atoms with E-state index < -0.39 is 0 Å². The molecule has 3 nitrogen and oxygen atoms in total. The Morgan fingerprint density at radius 1 is 1.31 bits per heavy atom. The van der Waals surface area contributed by atoms with Crippen molar-refractivity contribution in [3.63, 3.8) is 0 Å². The van der Waals surface area contributed by atoms with Crippen molar-refractivity contribution in [1.29, 1.82) is 0 Å². The fraction of sp³-hybridized carbons (Fsp3) is 0.700. The minimum atomic E-state index is -0.00264. The fourth-order valence-corrected chi connectivity index (χ4v) is 1.35. The Kier molecular flexibility index (Phi) is 1.91. The molecule has 3 heteroatoms. The lowest BCUT2D eigenvalue weighted by Gasteiger charge is -2.11. The molecule has 0 N–H and O–H groups in total. The van der Waals surface area contributed by atoms with Crippen LogP contribution in [0.1, 0.15) is 38.1 Å². The SMILES string of the molecule is CC(C)(C)c1nc2c(o1)CCOC2. The molecular formula is C10H15NO2. The third-order valence-electron chi connectivity index (χ3n) is 2.13. The summed E-state index contributed by atoms with van der Waals surface area (Å²) in [5.74, 6) is 1.83. The summed E-state index contributed by atoms with van der Waals surface area (Å²) in [6, 6.07) is 0. The molecule has 1 aliphatic rings. The molecular weight excluding hydrogens is 166 g/mol. The van der Waals surface area contributed by atoms with Gasteiger partial charge in [-0.05, 0) is 0 Å². The zero-order chi connectivity index (χ0) is 9.47. The van der Waals surface area contributed by atoms with Crippen molar-refractivity contribution in [2.75, 3.05) is 6.61 Å². The zero-order valence-electron chi connectivity index (χ0n) is 8.39. The number of nitrogens with zero attached hydrogens (tertiary/aromatic N) is 1. The number of hydrogen-bond donors (Lipinski definition) is 0. The second kappa shape index (κ2) is 2.84. The van der Waals surface area contributed by atoms with Crippen LogP contribution in [0, 0.1) is 0 Å². The lowest BCUT2D eigenvalue weighted by molar-refractivity contribution is 0.102. The van der Waals surface area contributed by atoms with Crippen LogP contribution >= 0.6 is 0 Å². The average Bonchev–Trinajstić information content (AvgIpc) is 2.45. The van der Waals surface area contributed by atoms with E-state index in [1.807, 2.05) is 0 Å². The van der Waals surface area contributed by atoms with Crippen LogP contribution in [0.5, 0.6) is 0 Å². The molecule has 0 radical (unpaired) electrons. The first-order chi connectivity index (χ1) is 6.07. The maximum absolute atomic E-state index is 5.68. The highest BCUT2D eigenvalue weighted by Crippen LogP contribution is 2.26. The van der Waals surface area contributed by atoms with Gasteiger partial charge in [-0.2, -0.15) is 0 Å². The normalized spacial score (nSPS) is 17.2. The summed E-state index contributed by atoms with van der Waals surface area (Å²) < 4.78 is 11.0. The molecule has 0 fully saturated rings. The molecule has 0 atom stereocenters. The Balaban J connectivity index is 2.36. The van der Waals surface area contributed by atoms with Crippen LogP contribution in [0.2, 0.25) is 0 Å². The highest BCUT2D eigenvalue weighted by Gasteiger charge is 2.24. The van der Waals surface area contributed by atoms with Gasteiger partial charge >= 0.3 is 0 Å². The first-order valence-electron chi connectivity index (χ1n) is 4.64. The average molecular weight is 181 g/mol. The molecule has 72 valence electrons. The van der Waals surface area contributed by atoms with E-state index in [1.54, 1.807) is 0 Å². The number of rotatable bonds is 0. The smallest absolute Gasteiger partial charge is 0.200 e. The summed E-state index contributed by atoms with van der Waals surface area (Å²) in [7, 11) is 0. The van der Waals surface area contributed by atoms with Gasteiger partial charge in [0.2, 0.25) is 0 Å². The molecule has 0 spiro atoms. The second-order valence-corrected chi connectivity index (χ2v) is 4.44. The molecule has 0 bridgehead atoms. The van der Waals surface area contributed by atoms with Gasteiger partial charge in [-0.3, -0.25) is 0 Å². The molecule has 1 aromatic heterocycles. The topological polar surface area (TPSA) is 35.3 Å². The number of hydrogen-bond acceptors (Lipinski definition) is 3. The van der Waals surface area contributed by atoms with Gasteiger partial charge in [0, 0.05) is 11.8 Å². The molecule has 0 unspecified atom stereocenters. The van der Waals surface area contributed by atoms with Crippen LogP contribution < -0.4 is 0 Å². The van der Waals surface area contributed by atoms with E-state index in [2.05, 4.69) is 25.8 Å². The summed E-state index contributed by atoms with van der Waals surface area (Å²) in [6.45, 7) is 7.67. The van der Waals surface area contributed by atoms with Gasteiger partial charge in [0.25, 0.3) is 0 Å². The molecule has 13 heavy (non-hydrogen) atoms. The standard InChI is InChI=1S/C10H15NO2/c1-10(2,3)9-11-7-6-12-5-4-8(7)13-9/h4-6H2,1-3H3. The highest BCUT2D eigenvalue weighted by molar-refractivity contribution is 5.14. The van der Waals surface area contributed by atoms with Gasteiger partial charge in [-0.15, -0.1) is 0 Å². The van der Waals surface area contributed by atoms with E-state index in [0.29, 0.717) is 6.61 Å². The Labute approximate surface area is 78.1 Å². The van der Waals surface area contributed by atoms with Crippen LogP contribution in [0.3, 0.4) is 0 Å². The van der Waals surface area contributed by atoms with Crippen LogP contribution in [-0.4, -0.2) is 11.6 Å². The number of aromatic nitrogens is 1. The lowest BCUT2D eigenvalue weighted by atomic mass is 9.97. The first kappa shape index (κ1) is 8.75. The van der Waals surface area contributed by atoms with Crippen molar-refractivity contribution in [2.45, 2.75) is 39.2 Å². The van der Waals surface area contributed by atoms with Gasteiger partial charge < -0.3 is 9.15 Å². The van der Waals surface area contributed by atoms with Crippen molar-refractivity contribution in [1.82, 2.24) is 4.98 Å². The van der Waals surface area contributed by atoms with E-state index >= 15 is 0 Å². The van der Waals surface area contributed by atoms with Gasteiger partial charge in [-0.1, -0.05) is 20.8 Å². The van der Waals surface area contributed by atoms with E-state index in [4.69, 9.17) is 9.15 Å². The van der Waals surface area contributed by atoms with Crippen molar-refractivity contribution >= 4 is 0 Å². The van der Waals surface area contributed by atoms with Gasteiger partial charge in [-0.25, -0.2) is 4.98 Å². The van der Waals surface area contributed by atoms with E-state index in [1.165, 1.54) is 0 Å². The monoisotopic (exact) mass is 181 g/mol. The van der Waals surface area contributed by atoms with Gasteiger partial charge in [0.1, 0.15) is 11.5 Å². The summed E-state index contributed by atoms with van der Waals surface area (Å²) in [4.78, 5) is 4.43. The van der Waals surface area contributed by atoms with Crippen LogP contribution in [0.15, 0.2) is 4.42 Å². The maximum atomic E-state index is 5.68. The third-order valence-corrected chi connectivity index (χ3v) is 2.13. The Hall–Kier alpha value is -0.830. The first-order valence-corrected chi connectivity index (χ1v) is 4.64. The number of ether oxygens (including phenoxy) is 1. The molecule has 0 amide bonds. The third kappa shape index (κ3) is 1.61. The quantitative estimate of drug-likeness (QED) is 0.614. The Bertz CT molecular complexity index is 286. The van der Waals surface area contributed by atoms with E-state index in [0.717, 1.165) is 30.4 Å². The Morgan fingerprint density at radius 3 is 2.69 bits per heavy atom. The second-order valence-electron chi connectivity index (χ2n) is 4.44. The molecule has 1 aromatic rings. The molecule has 2 heterocycles. The molecule has 0 aliphatic carbocycles.